The molecule has 240 valence electrons. The number of halogens is 2. The van der Waals surface area contributed by atoms with Crippen molar-refractivity contribution in [2.24, 2.45) is 5.92 Å². The number of aliphatic hydroxyl groups excluding tert-OH is 3. The zero-order valence-electron chi connectivity index (χ0n) is 25.0. The van der Waals surface area contributed by atoms with Gasteiger partial charge in [0, 0.05) is 32.2 Å². The minimum Gasteiger partial charge on any atom is -0.390 e. The van der Waals surface area contributed by atoms with Gasteiger partial charge in [0.25, 0.3) is 5.91 Å². The minimum atomic E-state index is -3.02. The largest absolute Gasteiger partial charge is 0.390 e. The molecule has 2 amide bonds. The molecule has 0 spiro atoms. The first kappa shape index (κ1) is 36.2. The number of nitrogens with one attached hydrogen (secondary N) is 2. The van der Waals surface area contributed by atoms with Gasteiger partial charge in [0.2, 0.25) is 5.91 Å². The van der Waals surface area contributed by atoms with Crippen LogP contribution in [0.15, 0.2) is 42.7 Å². The Morgan fingerprint density at radius 2 is 1.65 bits per heavy atom. The fourth-order valence-electron chi connectivity index (χ4n) is 5.12. The van der Waals surface area contributed by atoms with Crippen LogP contribution in [0.2, 0.25) is 0 Å². The number of pyridine rings is 1. The minimum absolute atomic E-state index is 0.103. The first-order valence-corrected chi connectivity index (χ1v) is 14.7. The monoisotopic (exact) mass is 609 g/mol. The molecule has 2 aromatic rings. The summed E-state index contributed by atoms with van der Waals surface area (Å²) in [7, 11) is 1.44. The van der Waals surface area contributed by atoms with Crippen LogP contribution in [0.1, 0.15) is 87.2 Å². The maximum Gasteiger partial charge on any atom is 0.253 e. The van der Waals surface area contributed by atoms with Gasteiger partial charge < -0.3 is 35.8 Å². The average Bonchev–Trinajstić information content (AvgIpc) is 2.98. The first-order valence-electron chi connectivity index (χ1n) is 14.7. The summed E-state index contributed by atoms with van der Waals surface area (Å²) in [6, 6.07) is 3.83. The number of aliphatic hydroxyl groups is 4. The highest BCUT2D eigenvalue weighted by Gasteiger charge is 2.49. The van der Waals surface area contributed by atoms with Crippen molar-refractivity contribution in [3.63, 3.8) is 0 Å². The number of hydrogen-bond donors (Lipinski definition) is 6. The third-order valence-electron chi connectivity index (χ3n) is 7.41. The van der Waals surface area contributed by atoms with Crippen molar-refractivity contribution in [3.05, 3.63) is 65.5 Å². The Morgan fingerprint density at radius 1 is 1.00 bits per heavy atom. The summed E-state index contributed by atoms with van der Waals surface area (Å²) in [6.07, 6.45) is 1.12. The molecule has 1 heterocycles. The van der Waals surface area contributed by atoms with Crippen LogP contribution >= 0.6 is 0 Å². The number of carbonyl (C=O) groups is 2. The van der Waals surface area contributed by atoms with E-state index in [0.29, 0.717) is 12.5 Å². The fourth-order valence-corrected chi connectivity index (χ4v) is 5.12. The van der Waals surface area contributed by atoms with Crippen molar-refractivity contribution < 1.29 is 43.5 Å². The standard InChI is InChI=1S/C31H45F2N3O7/c1-4-8-20(9-5-2)12-13-25(35-29(40)21-10-6-14-34-19-21)30(41)36-31(42,28(39)26(37)11-7-15-43-3)27(38)22-16-23(32)18-24(33)17-22/h6,10,14,16-20,25-28,37-39,42H,4-5,7-9,11-13,15H2,1-3H3,(H,35,40)(H,36,41)/t25-,26-,27?,28-,31+/m1/s1. The first-order chi connectivity index (χ1) is 20.5. The van der Waals surface area contributed by atoms with Gasteiger partial charge in [-0.3, -0.25) is 14.6 Å². The van der Waals surface area contributed by atoms with Crippen molar-refractivity contribution in [2.75, 3.05) is 13.7 Å². The van der Waals surface area contributed by atoms with Crippen LogP contribution in [0.25, 0.3) is 0 Å². The zero-order valence-corrected chi connectivity index (χ0v) is 25.0. The van der Waals surface area contributed by atoms with Gasteiger partial charge in [0.15, 0.2) is 5.72 Å². The fraction of sp³-hybridized carbons (Fsp3) is 0.581. The number of aromatic nitrogens is 1. The van der Waals surface area contributed by atoms with E-state index in [1.54, 1.807) is 6.07 Å². The highest BCUT2D eigenvalue weighted by atomic mass is 19.1. The van der Waals surface area contributed by atoms with Crippen LogP contribution in [0.4, 0.5) is 8.78 Å². The lowest BCUT2D eigenvalue weighted by molar-refractivity contribution is -0.200. The molecule has 1 unspecified atom stereocenters. The van der Waals surface area contributed by atoms with Crippen molar-refractivity contribution in [2.45, 2.75) is 95.3 Å². The number of methoxy groups -OCH3 is 1. The molecule has 0 aliphatic heterocycles. The molecule has 0 radical (unpaired) electrons. The van der Waals surface area contributed by atoms with Crippen LogP contribution < -0.4 is 10.6 Å². The molecule has 43 heavy (non-hydrogen) atoms. The molecule has 1 aromatic heterocycles. The quantitative estimate of drug-likeness (QED) is 0.105. The summed E-state index contributed by atoms with van der Waals surface area (Å²) in [5.41, 5.74) is -3.34. The summed E-state index contributed by atoms with van der Waals surface area (Å²) < 4.78 is 33.0. The predicted molar refractivity (Wildman–Crippen MR) is 156 cm³/mol. The van der Waals surface area contributed by atoms with E-state index in [-0.39, 0.29) is 37.4 Å². The van der Waals surface area contributed by atoms with Gasteiger partial charge >= 0.3 is 0 Å². The average molecular weight is 610 g/mol. The van der Waals surface area contributed by atoms with Crippen LogP contribution in [-0.2, 0) is 9.53 Å². The summed E-state index contributed by atoms with van der Waals surface area (Å²) in [4.78, 5) is 30.7. The summed E-state index contributed by atoms with van der Waals surface area (Å²) >= 11 is 0. The Balaban J connectivity index is 2.44. The van der Waals surface area contributed by atoms with E-state index in [2.05, 4.69) is 15.6 Å². The van der Waals surface area contributed by atoms with Gasteiger partial charge in [-0.2, -0.15) is 0 Å². The number of ether oxygens (including phenoxy) is 1. The van der Waals surface area contributed by atoms with E-state index >= 15 is 0 Å². The van der Waals surface area contributed by atoms with E-state index in [0.717, 1.165) is 37.8 Å². The van der Waals surface area contributed by atoms with Crippen molar-refractivity contribution >= 4 is 11.8 Å². The van der Waals surface area contributed by atoms with Gasteiger partial charge in [-0.1, -0.05) is 39.5 Å². The second kappa shape index (κ2) is 17.9. The SMILES string of the molecule is CCCC(CCC)CC[C@@H](NC(=O)c1cccnc1)C(=O)N[C@](O)(C(O)c1cc(F)cc(F)c1)[C@H](O)[C@H](O)CCCOC. The van der Waals surface area contributed by atoms with E-state index in [4.69, 9.17) is 4.74 Å². The molecule has 0 saturated heterocycles. The van der Waals surface area contributed by atoms with Gasteiger partial charge in [-0.25, -0.2) is 8.78 Å². The second-order valence-corrected chi connectivity index (χ2v) is 10.9. The lowest BCUT2D eigenvalue weighted by atomic mass is 9.88. The van der Waals surface area contributed by atoms with Crippen molar-refractivity contribution in [1.82, 2.24) is 15.6 Å². The molecule has 12 heteroatoms. The maximum absolute atomic E-state index is 14.0. The van der Waals surface area contributed by atoms with Gasteiger partial charge in [-0.15, -0.1) is 0 Å². The highest BCUT2D eigenvalue weighted by Crippen LogP contribution is 2.31. The van der Waals surface area contributed by atoms with Crippen LogP contribution in [0.5, 0.6) is 0 Å². The Hall–Kier alpha value is -3.03. The summed E-state index contributed by atoms with van der Waals surface area (Å²) in [5.74, 6) is -3.49. The number of amides is 2. The predicted octanol–water partition coefficient (Wildman–Crippen LogP) is 3.14. The normalized spacial score (nSPS) is 15.8. The molecule has 2 rings (SSSR count). The van der Waals surface area contributed by atoms with E-state index in [1.807, 2.05) is 13.8 Å². The molecular formula is C31H45F2N3O7. The molecule has 0 bridgehead atoms. The molecule has 6 N–H and O–H groups in total. The maximum atomic E-state index is 14.0. The van der Waals surface area contributed by atoms with E-state index in [9.17, 15) is 38.8 Å². The molecule has 0 saturated carbocycles. The van der Waals surface area contributed by atoms with Crippen LogP contribution in [0.3, 0.4) is 0 Å². The van der Waals surface area contributed by atoms with Crippen molar-refractivity contribution in [1.29, 1.82) is 0 Å². The lowest BCUT2D eigenvalue weighted by Gasteiger charge is -2.40. The number of benzene rings is 1. The lowest BCUT2D eigenvalue weighted by Crippen LogP contribution is -2.66. The van der Waals surface area contributed by atoms with E-state index in [1.165, 1.54) is 25.6 Å². The molecule has 0 aliphatic rings. The van der Waals surface area contributed by atoms with Gasteiger partial charge in [0.1, 0.15) is 29.9 Å². The Morgan fingerprint density at radius 3 is 2.21 bits per heavy atom. The topological polar surface area (TPSA) is 161 Å². The summed E-state index contributed by atoms with van der Waals surface area (Å²) in [6.45, 7) is 4.31. The van der Waals surface area contributed by atoms with Gasteiger partial charge in [0.05, 0.1) is 11.7 Å². The smallest absolute Gasteiger partial charge is 0.253 e. The highest BCUT2D eigenvalue weighted by molar-refractivity contribution is 5.97. The Kier molecular flexibility index (Phi) is 15.1. The number of nitrogens with zero attached hydrogens (tertiary/aromatic N) is 1. The number of carbonyl (C=O) groups excluding carboxylic acids is 2. The van der Waals surface area contributed by atoms with Crippen molar-refractivity contribution in [3.8, 4) is 0 Å². The van der Waals surface area contributed by atoms with Crippen LogP contribution in [-0.4, -0.2) is 74.9 Å². The molecule has 10 nitrogen and oxygen atoms in total. The van der Waals surface area contributed by atoms with Gasteiger partial charge in [-0.05, 0) is 61.4 Å². The number of hydrogen-bond acceptors (Lipinski definition) is 8. The molecule has 5 atom stereocenters. The molecule has 0 fully saturated rings. The number of rotatable bonds is 19. The third kappa shape index (κ3) is 10.9. The second-order valence-electron chi connectivity index (χ2n) is 10.9. The zero-order chi connectivity index (χ0) is 32.0. The Bertz CT molecular complexity index is 1120. The molecule has 0 aliphatic carbocycles. The third-order valence-corrected chi connectivity index (χ3v) is 7.41. The molecule has 1 aromatic carbocycles. The Labute approximate surface area is 251 Å². The summed E-state index contributed by atoms with van der Waals surface area (Å²) in [5, 5.41) is 49.3. The molecular weight excluding hydrogens is 564 g/mol. The van der Waals surface area contributed by atoms with Crippen LogP contribution in [0, 0.1) is 17.6 Å². The van der Waals surface area contributed by atoms with E-state index < -0.39 is 59.1 Å².